The van der Waals surface area contributed by atoms with Gasteiger partial charge >= 0.3 is 0 Å². The predicted molar refractivity (Wildman–Crippen MR) is 85.2 cm³/mol. The smallest absolute Gasteiger partial charge is 0.205 e. The minimum atomic E-state index is -1.36. The van der Waals surface area contributed by atoms with Gasteiger partial charge in [-0.2, -0.15) is 0 Å². The van der Waals surface area contributed by atoms with Crippen LogP contribution < -0.4 is 14.2 Å². The number of hydrogen-bond acceptors (Lipinski definition) is 6. The molecule has 23 heavy (non-hydrogen) atoms. The number of nitrogens with zero attached hydrogens (tertiary/aromatic N) is 1. The van der Waals surface area contributed by atoms with Crippen LogP contribution in [0.25, 0.3) is 0 Å². The highest BCUT2D eigenvalue weighted by atomic mass is 16.6. The van der Waals surface area contributed by atoms with Crippen LogP contribution in [-0.2, 0) is 10.5 Å². The molecule has 0 bridgehead atoms. The summed E-state index contributed by atoms with van der Waals surface area (Å²) in [6.45, 7) is 1.99. The highest BCUT2D eigenvalue weighted by Gasteiger charge is 2.42. The number of hydrogen-bond donors (Lipinski definition) is 1. The van der Waals surface area contributed by atoms with Gasteiger partial charge in [-0.25, -0.2) is 0 Å². The van der Waals surface area contributed by atoms with Gasteiger partial charge in [0.1, 0.15) is 0 Å². The van der Waals surface area contributed by atoms with E-state index < -0.39 is 5.79 Å². The molecule has 6 heteroatoms. The van der Waals surface area contributed by atoms with E-state index in [0.717, 1.165) is 13.0 Å². The van der Waals surface area contributed by atoms with E-state index in [1.807, 2.05) is 0 Å². The van der Waals surface area contributed by atoms with E-state index in [2.05, 4.69) is 4.90 Å². The Morgan fingerprint density at radius 2 is 1.83 bits per heavy atom. The fourth-order valence-electron chi connectivity index (χ4n) is 3.49. The summed E-state index contributed by atoms with van der Waals surface area (Å²) in [5.74, 6) is 0.175. The fraction of sp³-hybridized carbons (Fsp3) is 0.647. The molecule has 2 unspecified atom stereocenters. The van der Waals surface area contributed by atoms with Gasteiger partial charge in [0, 0.05) is 11.6 Å². The quantitative estimate of drug-likeness (QED) is 0.911. The standard InChI is InChI=1S/C17H25NO5/c1-20-14-8-12(9-15(21-2)16(14)22-3)17(19)11-18-7-5-4-6-13(18)10-23-17/h8-9,13,19H,4-7,10-11H2,1-3H3. The molecule has 2 heterocycles. The van der Waals surface area contributed by atoms with Crippen molar-refractivity contribution >= 4 is 0 Å². The molecule has 3 rings (SSSR count). The summed E-state index contributed by atoms with van der Waals surface area (Å²) in [7, 11) is 4.69. The van der Waals surface area contributed by atoms with Gasteiger partial charge in [-0.1, -0.05) is 6.42 Å². The molecular formula is C17H25NO5. The largest absolute Gasteiger partial charge is 0.493 e. The molecule has 2 saturated heterocycles. The van der Waals surface area contributed by atoms with E-state index in [0.29, 0.717) is 42.0 Å². The predicted octanol–water partition coefficient (Wildman–Crippen LogP) is 1.74. The number of benzene rings is 1. The van der Waals surface area contributed by atoms with Crippen molar-refractivity contribution in [2.75, 3.05) is 41.0 Å². The number of rotatable bonds is 4. The lowest BCUT2D eigenvalue weighted by Gasteiger charge is -2.46. The molecular weight excluding hydrogens is 298 g/mol. The Hall–Kier alpha value is -1.50. The molecule has 0 spiro atoms. The zero-order valence-corrected chi connectivity index (χ0v) is 14.0. The fourth-order valence-corrected chi connectivity index (χ4v) is 3.49. The summed E-state index contributed by atoms with van der Waals surface area (Å²) in [6.07, 6.45) is 3.53. The average Bonchev–Trinajstić information content (AvgIpc) is 2.60. The number of methoxy groups -OCH3 is 3. The number of aliphatic hydroxyl groups is 1. The minimum absolute atomic E-state index is 0.408. The van der Waals surface area contributed by atoms with Crippen LogP contribution >= 0.6 is 0 Å². The third-order valence-corrected chi connectivity index (χ3v) is 4.80. The molecule has 1 N–H and O–H groups in total. The van der Waals surface area contributed by atoms with Crippen molar-refractivity contribution in [1.82, 2.24) is 4.90 Å². The van der Waals surface area contributed by atoms with Crippen molar-refractivity contribution in [3.8, 4) is 17.2 Å². The van der Waals surface area contributed by atoms with Crippen molar-refractivity contribution in [3.63, 3.8) is 0 Å². The molecule has 0 aromatic heterocycles. The van der Waals surface area contributed by atoms with Crippen molar-refractivity contribution in [3.05, 3.63) is 17.7 Å². The molecule has 2 aliphatic heterocycles. The third kappa shape index (κ3) is 2.98. The molecule has 1 aromatic carbocycles. The van der Waals surface area contributed by atoms with Crippen molar-refractivity contribution in [2.24, 2.45) is 0 Å². The van der Waals surface area contributed by atoms with Gasteiger partial charge in [0.25, 0.3) is 0 Å². The van der Waals surface area contributed by atoms with Gasteiger partial charge in [-0.15, -0.1) is 0 Å². The first kappa shape index (κ1) is 16.4. The normalized spacial score (nSPS) is 28.1. The van der Waals surface area contributed by atoms with Crippen LogP contribution in [-0.4, -0.2) is 57.1 Å². The van der Waals surface area contributed by atoms with E-state index in [9.17, 15) is 5.11 Å². The molecule has 128 valence electrons. The molecule has 0 saturated carbocycles. The molecule has 2 fully saturated rings. The van der Waals surface area contributed by atoms with Gasteiger partial charge in [0.15, 0.2) is 11.5 Å². The SMILES string of the molecule is COc1cc(C2(O)CN3CCCCC3CO2)cc(OC)c1OC. The van der Waals surface area contributed by atoms with Crippen LogP contribution in [0.5, 0.6) is 17.2 Å². The Morgan fingerprint density at radius 3 is 2.43 bits per heavy atom. The maximum atomic E-state index is 11.1. The molecule has 2 atom stereocenters. The second-order valence-electron chi connectivity index (χ2n) is 6.13. The Labute approximate surface area is 136 Å². The summed E-state index contributed by atoms with van der Waals surface area (Å²) in [6, 6.07) is 3.92. The first-order chi connectivity index (χ1) is 11.1. The van der Waals surface area contributed by atoms with Crippen molar-refractivity contribution in [2.45, 2.75) is 31.1 Å². The number of piperidine rings is 1. The highest BCUT2D eigenvalue weighted by molar-refractivity contribution is 5.54. The van der Waals surface area contributed by atoms with Crippen LogP contribution in [0.1, 0.15) is 24.8 Å². The lowest BCUT2D eigenvalue weighted by atomic mass is 9.96. The summed E-state index contributed by atoms with van der Waals surface area (Å²) in [5, 5.41) is 11.1. The maximum Gasteiger partial charge on any atom is 0.205 e. The molecule has 6 nitrogen and oxygen atoms in total. The monoisotopic (exact) mass is 323 g/mol. The number of fused-ring (bicyclic) bond motifs is 1. The lowest BCUT2D eigenvalue weighted by Crippen LogP contribution is -2.56. The highest BCUT2D eigenvalue weighted by Crippen LogP contribution is 2.42. The van der Waals surface area contributed by atoms with Crippen molar-refractivity contribution < 1.29 is 24.1 Å². The van der Waals surface area contributed by atoms with Gasteiger partial charge < -0.3 is 24.1 Å². The summed E-state index contributed by atoms with van der Waals surface area (Å²) in [4.78, 5) is 2.32. The topological polar surface area (TPSA) is 60.4 Å². The van der Waals surface area contributed by atoms with Crippen LogP contribution in [0.4, 0.5) is 0 Å². The Kier molecular flexibility index (Phi) is 4.66. The second-order valence-corrected chi connectivity index (χ2v) is 6.13. The summed E-state index contributed by atoms with van der Waals surface area (Å²) >= 11 is 0. The van der Waals surface area contributed by atoms with E-state index in [4.69, 9.17) is 18.9 Å². The van der Waals surface area contributed by atoms with E-state index in [1.165, 1.54) is 12.8 Å². The average molecular weight is 323 g/mol. The summed E-state index contributed by atoms with van der Waals surface area (Å²) < 4.78 is 21.9. The molecule has 0 aliphatic carbocycles. The Balaban J connectivity index is 1.93. The van der Waals surface area contributed by atoms with E-state index in [-0.39, 0.29) is 0 Å². The number of ether oxygens (including phenoxy) is 4. The van der Waals surface area contributed by atoms with Crippen LogP contribution in [0.3, 0.4) is 0 Å². The zero-order chi connectivity index (χ0) is 16.4. The minimum Gasteiger partial charge on any atom is -0.493 e. The van der Waals surface area contributed by atoms with Gasteiger partial charge in [-0.3, -0.25) is 4.90 Å². The van der Waals surface area contributed by atoms with Crippen LogP contribution in [0.2, 0.25) is 0 Å². The first-order valence-electron chi connectivity index (χ1n) is 8.02. The first-order valence-corrected chi connectivity index (χ1v) is 8.02. The summed E-state index contributed by atoms with van der Waals surface area (Å²) in [5.41, 5.74) is 0.621. The molecule has 0 amide bonds. The molecule has 1 aromatic rings. The van der Waals surface area contributed by atoms with Crippen LogP contribution in [0, 0.1) is 0 Å². The lowest BCUT2D eigenvalue weighted by molar-refractivity contribution is -0.264. The van der Waals surface area contributed by atoms with Crippen molar-refractivity contribution in [1.29, 1.82) is 0 Å². The van der Waals surface area contributed by atoms with Gasteiger partial charge in [-0.05, 0) is 31.5 Å². The van der Waals surface area contributed by atoms with Crippen LogP contribution in [0.15, 0.2) is 12.1 Å². The van der Waals surface area contributed by atoms with Gasteiger partial charge in [0.05, 0.1) is 34.5 Å². The molecule has 0 radical (unpaired) electrons. The van der Waals surface area contributed by atoms with E-state index in [1.54, 1.807) is 33.5 Å². The van der Waals surface area contributed by atoms with E-state index >= 15 is 0 Å². The Bertz CT molecular complexity index is 539. The zero-order valence-electron chi connectivity index (χ0n) is 14.0. The third-order valence-electron chi connectivity index (χ3n) is 4.80. The maximum absolute atomic E-state index is 11.1. The second kappa shape index (κ2) is 6.55. The number of morpholine rings is 1. The van der Waals surface area contributed by atoms with Gasteiger partial charge in [0.2, 0.25) is 11.5 Å². The molecule has 2 aliphatic rings. The Morgan fingerprint density at radius 1 is 1.13 bits per heavy atom.